The predicted octanol–water partition coefficient (Wildman–Crippen LogP) is 3.15. The second kappa shape index (κ2) is 4.47. The highest BCUT2D eigenvalue weighted by molar-refractivity contribution is 5.70. The number of aliphatic hydroxyl groups excluding tert-OH is 1. The molecule has 0 aromatic carbocycles. The molecule has 4 aliphatic rings. The van der Waals surface area contributed by atoms with Crippen LogP contribution in [0.4, 0.5) is 0 Å². The van der Waals surface area contributed by atoms with Crippen molar-refractivity contribution in [3.63, 3.8) is 0 Å². The van der Waals surface area contributed by atoms with Crippen molar-refractivity contribution < 1.29 is 14.6 Å². The Balaban J connectivity index is 1.64. The highest BCUT2D eigenvalue weighted by Crippen LogP contribution is 2.64. The Morgan fingerprint density at radius 3 is 2.62 bits per heavy atom. The molecule has 2 unspecified atom stereocenters. The van der Waals surface area contributed by atoms with Crippen LogP contribution in [0.25, 0.3) is 0 Å². The van der Waals surface area contributed by atoms with Crippen molar-refractivity contribution in [2.45, 2.75) is 64.9 Å². The van der Waals surface area contributed by atoms with Crippen molar-refractivity contribution in [3.8, 4) is 0 Å². The summed E-state index contributed by atoms with van der Waals surface area (Å²) in [5.41, 5.74) is 0.335. The van der Waals surface area contributed by atoms with E-state index in [9.17, 15) is 9.90 Å². The maximum absolute atomic E-state index is 11.6. The summed E-state index contributed by atoms with van der Waals surface area (Å²) >= 11 is 0. The number of cyclic esters (lactones) is 1. The lowest BCUT2D eigenvalue weighted by Gasteiger charge is -2.59. The number of hydrogen-bond donors (Lipinski definition) is 1. The van der Waals surface area contributed by atoms with E-state index in [4.69, 9.17) is 4.74 Å². The minimum Gasteiger partial charge on any atom is -0.465 e. The first-order valence-corrected chi connectivity index (χ1v) is 8.79. The predicted molar refractivity (Wildman–Crippen MR) is 79.5 cm³/mol. The second-order valence-electron chi connectivity index (χ2n) is 8.66. The second-order valence-corrected chi connectivity index (χ2v) is 8.66. The van der Waals surface area contributed by atoms with Crippen LogP contribution in [0.1, 0.15) is 58.8 Å². The molecule has 3 saturated carbocycles. The van der Waals surface area contributed by atoms with E-state index in [1.54, 1.807) is 0 Å². The zero-order valence-electron chi connectivity index (χ0n) is 13.3. The van der Waals surface area contributed by atoms with Crippen LogP contribution in [-0.4, -0.2) is 23.8 Å². The Hall–Kier alpha value is -0.570. The number of aliphatic hydroxyl groups is 1. The number of ether oxygens (including phenoxy) is 1. The molecule has 0 bridgehead atoms. The summed E-state index contributed by atoms with van der Waals surface area (Å²) in [5.74, 6) is 2.64. The molecule has 0 amide bonds. The number of carbonyl (C=O) groups excluding carboxylic acids is 1. The fourth-order valence-corrected chi connectivity index (χ4v) is 6.56. The molecule has 4 fully saturated rings. The smallest absolute Gasteiger partial charge is 0.306 e. The lowest BCUT2D eigenvalue weighted by molar-refractivity contribution is -0.181. The third-order valence-corrected chi connectivity index (χ3v) is 7.97. The highest BCUT2D eigenvalue weighted by Gasteiger charge is 2.60. The van der Waals surface area contributed by atoms with Gasteiger partial charge in [-0.05, 0) is 67.6 Å². The van der Waals surface area contributed by atoms with Gasteiger partial charge in [-0.25, -0.2) is 0 Å². The van der Waals surface area contributed by atoms with Crippen LogP contribution in [0.5, 0.6) is 0 Å². The number of rotatable bonds is 0. The van der Waals surface area contributed by atoms with Crippen LogP contribution in [0.3, 0.4) is 0 Å². The fourth-order valence-electron chi connectivity index (χ4n) is 6.56. The van der Waals surface area contributed by atoms with Crippen LogP contribution < -0.4 is 0 Å². The van der Waals surface area contributed by atoms with E-state index in [1.807, 2.05) is 0 Å². The van der Waals surface area contributed by atoms with Gasteiger partial charge in [0.25, 0.3) is 0 Å². The lowest BCUT2D eigenvalue weighted by Crippen LogP contribution is -2.56. The minimum absolute atomic E-state index is 0.00728. The van der Waals surface area contributed by atoms with Gasteiger partial charge < -0.3 is 9.84 Å². The summed E-state index contributed by atoms with van der Waals surface area (Å²) in [6, 6.07) is 0. The van der Waals surface area contributed by atoms with Gasteiger partial charge in [0.1, 0.15) is 0 Å². The Bertz CT molecular complexity index is 461. The van der Waals surface area contributed by atoms with E-state index in [2.05, 4.69) is 13.8 Å². The van der Waals surface area contributed by atoms with Gasteiger partial charge in [-0.15, -0.1) is 0 Å². The average molecular weight is 292 g/mol. The third-order valence-electron chi connectivity index (χ3n) is 7.97. The van der Waals surface area contributed by atoms with Crippen molar-refractivity contribution in [1.82, 2.24) is 0 Å². The molecule has 4 rings (SSSR count). The Kier molecular flexibility index (Phi) is 2.99. The van der Waals surface area contributed by atoms with Crippen LogP contribution >= 0.6 is 0 Å². The van der Waals surface area contributed by atoms with E-state index in [0.29, 0.717) is 30.8 Å². The molecule has 0 aromatic heterocycles. The molecular weight excluding hydrogens is 264 g/mol. The van der Waals surface area contributed by atoms with Crippen molar-refractivity contribution in [2.75, 3.05) is 6.61 Å². The monoisotopic (exact) mass is 292 g/mol. The van der Waals surface area contributed by atoms with Gasteiger partial charge in [0.2, 0.25) is 0 Å². The van der Waals surface area contributed by atoms with E-state index in [-0.39, 0.29) is 22.9 Å². The van der Waals surface area contributed by atoms with Gasteiger partial charge in [0.05, 0.1) is 12.7 Å². The molecule has 1 saturated heterocycles. The Morgan fingerprint density at radius 2 is 1.81 bits per heavy atom. The van der Waals surface area contributed by atoms with Crippen molar-refractivity contribution in [3.05, 3.63) is 0 Å². The Labute approximate surface area is 127 Å². The van der Waals surface area contributed by atoms with Gasteiger partial charge >= 0.3 is 5.97 Å². The van der Waals surface area contributed by atoms with E-state index < -0.39 is 0 Å². The molecule has 0 aromatic rings. The van der Waals surface area contributed by atoms with E-state index in [0.717, 1.165) is 18.8 Å². The van der Waals surface area contributed by atoms with Crippen LogP contribution in [0.15, 0.2) is 0 Å². The summed E-state index contributed by atoms with van der Waals surface area (Å²) in [7, 11) is 0. The largest absolute Gasteiger partial charge is 0.465 e. The first kappa shape index (κ1) is 14.0. The standard InChI is InChI=1S/C18H28O3/c1-17-8-7-14-12(13(17)5-6-15(17)19)4-3-11-9-16(20)21-10-18(11,14)2/h11-15,19H,3-10H2,1-2H3/t11?,12-,13-,14+,15?,17-,18-/m0/s1. The number of hydrogen-bond acceptors (Lipinski definition) is 3. The fraction of sp³-hybridized carbons (Fsp3) is 0.944. The molecule has 3 nitrogen and oxygen atoms in total. The molecule has 21 heavy (non-hydrogen) atoms. The SMILES string of the molecule is C[C@]12COC(=O)CC1CC[C@@H]1[C@H]2CC[C@]2(C)C(O)CC[C@@H]12. The van der Waals surface area contributed by atoms with Gasteiger partial charge in [-0.1, -0.05) is 13.8 Å². The summed E-state index contributed by atoms with van der Waals surface area (Å²) in [5, 5.41) is 10.4. The number of esters is 1. The van der Waals surface area contributed by atoms with Crippen molar-refractivity contribution in [1.29, 1.82) is 0 Å². The van der Waals surface area contributed by atoms with E-state index >= 15 is 0 Å². The van der Waals surface area contributed by atoms with Crippen molar-refractivity contribution >= 4 is 5.97 Å². The van der Waals surface area contributed by atoms with Gasteiger partial charge in [0, 0.05) is 11.8 Å². The molecule has 1 heterocycles. The van der Waals surface area contributed by atoms with Gasteiger partial charge in [0.15, 0.2) is 0 Å². The quantitative estimate of drug-likeness (QED) is 0.698. The third kappa shape index (κ3) is 1.79. The normalized spacial score (nSPS) is 56.1. The lowest BCUT2D eigenvalue weighted by atomic mass is 9.47. The molecule has 7 atom stereocenters. The summed E-state index contributed by atoms with van der Waals surface area (Å²) < 4.78 is 5.47. The maximum atomic E-state index is 11.6. The topological polar surface area (TPSA) is 46.5 Å². The van der Waals surface area contributed by atoms with E-state index in [1.165, 1.54) is 25.7 Å². The summed E-state index contributed by atoms with van der Waals surface area (Å²) in [4.78, 5) is 11.6. The zero-order valence-corrected chi connectivity index (χ0v) is 13.3. The number of carbonyl (C=O) groups is 1. The molecule has 3 heteroatoms. The first-order valence-electron chi connectivity index (χ1n) is 8.79. The summed E-state index contributed by atoms with van der Waals surface area (Å²) in [6.45, 7) is 5.32. The first-order chi connectivity index (χ1) is 9.95. The van der Waals surface area contributed by atoms with Crippen molar-refractivity contribution in [2.24, 2.45) is 34.5 Å². The molecule has 3 aliphatic carbocycles. The number of fused-ring (bicyclic) bond motifs is 5. The molecule has 0 radical (unpaired) electrons. The summed E-state index contributed by atoms with van der Waals surface area (Å²) in [6.07, 6.45) is 7.50. The average Bonchev–Trinajstić information content (AvgIpc) is 2.76. The zero-order chi connectivity index (χ0) is 14.8. The molecular formula is C18H28O3. The molecule has 1 N–H and O–H groups in total. The highest BCUT2D eigenvalue weighted by atomic mass is 16.5. The van der Waals surface area contributed by atoms with Gasteiger partial charge in [-0.3, -0.25) is 4.79 Å². The molecule has 1 aliphatic heterocycles. The minimum atomic E-state index is -0.0989. The van der Waals surface area contributed by atoms with Crippen LogP contribution in [0, 0.1) is 34.5 Å². The Morgan fingerprint density at radius 1 is 1.05 bits per heavy atom. The van der Waals surface area contributed by atoms with Crippen LogP contribution in [0.2, 0.25) is 0 Å². The molecule has 118 valence electrons. The molecule has 0 spiro atoms. The van der Waals surface area contributed by atoms with Crippen LogP contribution in [-0.2, 0) is 9.53 Å². The van der Waals surface area contributed by atoms with Gasteiger partial charge in [-0.2, -0.15) is 0 Å². The maximum Gasteiger partial charge on any atom is 0.306 e.